The Labute approximate surface area is 115 Å². The Morgan fingerprint density at radius 1 is 1.30 bits per heavy atom. The summed E-state index contributed by atoms with van der Waals surface area (Å²) in [5, 5.41) is 17.1. The van der Waals surface area contributed by atoms with Gasteiger partial charge in [0.15, 0.2) is 5.82 Å². The van der Waals surface area contributed by atoms with E-state index in [9.17, 15) is 9.59 Å². The molecule has 2 N–H and O–H groups in total. The molecule has 0 saturated heterocycles. The maximum absolute atomic E-state index is 11.8. The second kappa shape index (κ2) is 5.51. The van der Waals surface area contributed by atoms with Gasteiger partial charge >= 0.3 is 0 Å². The molecular weight excluding hydrogens is 262 g/mol. The van der Waals surface area contributed by atoms with Crippen molar-refractivity contribution < 1.29 is 9.59 Å². The van der Waals surface area contributed by atoms with Crippen LogP contribution in [0.5, 0.6) is 0 Å². The third kappa shape index (κ3) is 3.40. The summed E-state index contributed by atoms with van der Waals surface area (Å²) >= 11 is 0. The Balaban J connectivity index is 1.96. The van der Waals surface area contributed by atoms with Gasteiger partial charge in [0.2, 0.25) is 11.8 Å². The van der Waals surface area contributed by atoms with Gasteiger partial charge < -0.3 is 10.6 Å². The van der Waals surface area contributed by atoms with Gasteiger partial charge in [0, 0.05) is 20.0 Å². The summed E-state index contributed by atoms with van der Waals surface area (Å²) in [7, 11) is 1.74. The van der Waals surface area contributed by atoms with E-state index in [1.165, 1.54) is 17.9 Å². The van der Waals surface area contributed by atoms with Gasteiger partial charge in [0.25, 0.3) is 0 Å². The maximum atomic E-state index is 11.8. The van der Waals surface area contributed by atoms with Crippen molar-refractivity contribution in [2.45, 2.75) is 20.4 Å². The van der Waals surface area contributed by atoms with Crippen molar-refractivity contribution in [1.82, 2.24) is 24.8 Å². The van der Waals surface area contributed by atoms with E-state index in [0.717, 1.165) is 5.69 Å². The number of nitrogens with zero attached hydrogens (tertiary/aromatic N) is 5. The van der Waals surface area contributed by atoms with Crippen LogP contribution in [0.15, 0.2) is 12.3 Å². The summed E-state index contributed by atoms with van der Waals surface area (Å²) in [6.07, 6.45) is 1.38. The first-order chi connectivity index (χ1) is 9.44. The number of nitrogens with one attached hydrogen (secondary N) is 2. The van der Waals surface area contributed by atoms with Crippen LogP contribution >= 0.6 is 0 Å². The third-order valence-electron chi connectivity index (χ3n) is 2.40. The van der Waals surface area contributed by atoms with Crippen LogP contribution < -0.4 is 10.6 Å². The van der Waals surface area contributed by atoms with Crippen molar-refractivity contribution in [1.29, 1.82) is 0 Å². The molecule has 0 unspecified atom stereocenters. The second-order valence-electron chi connectivity index (χ2n) is 4.28. The van der Waals surface area contributed by atoms with E-state index in [4.69, 9.17) is 0 Å². The molecule has 0 spiro atoms. The molecule has 0 aliphatic carbocycles. The smallest absolute Gasteiger partial charge is 0.249 e. The minimum absolute atomic E-state index is 0.0518. The fourth-order valence-corrected chi connectivity index (χ4v) is 1.65. The molecule has 0 radical (unpaired) electrons. The molecule has 2 aromatic rings. The van der Waals surface area contributed by atoms with Crippen LogP contribution in [0.4, 0.5) is 11.6 Å². The zero-order valence-corrected chi connectivity index (χ0v) is 11.4. The first kappa shape index (κ1) is 13.7. The lowest BCUT2D eigenvalue weighted by molar-refractivity contribution is -0.117. The Bertz CT molecular complexity index is 643. The number of aromatic nitrogens is 5. The van der Waals surface area contributed by atoms with E-state index in [0.29, 0.717) is 11.6 Å². The third-order valence-corrected chi connectivity index (χ3v) is 2.40. The number of anilines is 2. The highest BCUT2D eigenvalue weighted by atomic mass is 16.2. The first-order valence-electron chi connectivity index (χ1n) is 5.92. The highest BCUT2D eigenvalue weighted by molar-refractivity contribution is 5.89. The molecule has 0 atom stereocenters. The Kier molecular flexibility index (Phi) is 3.78. The summed E-state index contributed by atoms with van der Waals surface area (Å²) in [6, 6.07) is 1.76. The zero-order chi connectivity index (χ0) is 14.7. The maximum Gasteiger partial charge on any atom is 0.249 e. The van der Waals surface area contributed by atoms with E-state index in [2.05, 4.69) is 25.9 Å². The molecule has 2 rings (SSSR count). The monoisotopic (exact) mass is 277 g/mol. The summed E-state index contributed by atoms with van der Waals surface area (Å²) in [4.78, 5) is 23.9. The standard InChI is InChI=1S/C11H15N7O2/c1-7-4-10(17(3)15-7)14-11(20)6-18-12-5-9(16-18)13-8(2)19/h4-5H,6H2,1-3H3,(H,14,20)(H,13,16,19). The number of carbonyl (C=O) groups excluding carboxylic acids is 2. The average Bonchev–Trinajstić information content (AvgIpc) is 2.85. The predicted octanol–water partition coefficient (Wildman–Crippen LogP) is -0.0829. The van der Waals surface area contributed by atoms with Gasteiger partial charge in [-0.2, -0.15) is 15.0 Å². The molecule has 106 valence electrons. The molecule has 2 aromatic heterocycles. The number of hydrogen-bond donors (Lipinski definition) is 2. The van der Waals surface area contributed by atoms with Crippen molar-refractivity contribution in [3.8, 4) is 0 Å². The lowest BCUT2D eigenvalue weighted by Gasteiger charge is -2.04. The molecule has 20 heavy (non-hydrogen) atoms. The van der Waals surface area contributed by atoms with Crippen LogP contribution in [0.3, 0.4) is 0 Å². The van der Waals surface area contributed by atoms with Crippen molar-refractivity contribution in [2.24, 2.45) is 7.05 Å². The van der Waals surface area contributed by atoms with Crippen LogP contribution in [0, 0.1) is 6.92 Å². The normalized spacial score (nSPS) is 10.3. The predicted molar refractivity (Wildman–Crippen MR) is 70.9 cm³/mol. The summed E-state index contributed by atoms with van der Waals surface area (Å²) < 4.78 is 1.58. The van der Waals surface area contributed by atoms with Gasteiger partial charge in [0.05, 0.1) is 11.9 Å². The summed E-state index contributed by atoms with van der Waals surface area (Å²) in [6.45, 7) is 3.16. The van der Waals surface area contributed by atoms with Gasteiger partial charge in [0.1, 0.15) is 12.4 Å². The Morgan fingerprint density at radius 3 is 2.65 bits per heavy atom. The van der Waals surface area contributed by atoms with Gasteiger partial charge in [-0.15, -0.1) is 5.10 Å². The molecule has 2 amide bonds. The minimum Gasteiger partial charge on any atom is -0.309 e. The fourth-order valence-electron chi connectivity index (χ4n) is 1.65. The van der Waals surface area contributed by atoms with E-state index in [-0.39, 0.29) is 18.4 Å². The van der Waals surface area contributed by atoms with Crippen LogP contribution in [0.2, 0.25) is 0 Å². The second-order valence-corrected chi connectivity index (χ2v) is 4.28. The molecule has 0 aromatic carbocycles. The van der Waals surface area contributed by atoms with Crippen LogP contribution in [-0.4, -0.2) is 36.6 Å². The molecule has 9 heteroatoms. The molecule has 0 aliphatic heterocycles. The molecule has 2 heterocycles. The van der Waals surface area contributed by atoms with E-state index in [1.54, 1.807) is 17.8 Å². The van der Waals surface area contributed by atoms with Crippen molar-refractivity contribution in [2.75, 3.05) is 10.6 Å². The van der Waals surface area contributed by atoms with Crippen molar-refractivity contribution in [3.63, 3.8) is 0 Å². The zero-order valence-electron chi connectivity index (χ0n) is 11.4. The number of carbonyl (C=O) groups is 2. The van der Waals surface area contributed by atoms with Crippen LogP contribution in [-0.2, 0) is 23.2 Å². The van der Waals surface area contributed by atoms with E-state index < -0.39 is 0 Å². The SMILES string of the molecule is CC(=O)Nc1cnn(CC(=O)Nc2cc(C)nn2C)n1. The number of amides is 2. The molecule has 0 bridgehead atoms. The molecule has 0 fully saturated rings. The lowest BCUT2D eigenvalue weighted by atomic mass is 10.4. The number of rotatable bonds is 4. The first-order valence-corrected chi connectivity index (χ1v) is 5.92. The lowest BCUT2D eigenvalue weighted by Crippen LogP contribution is -2.21. The summed E-state index contributed by atoms with van der Waals surface area (Å²) in [5.74, 6) is 0.383. The van der Waals surface area contributed by atoms with Gasteiger partial charge in [-0.05, 0) is 6.92 Å². The van der Waals surface area contributed by atoms with Gasteiger partial charge in [-0.3, -0.25) is 14.3 Å². The number of hydrogen-bond acceptors (Lipinski definition) is 5. The highest BCUT2D eigenvalue weighted by Crippen LogP contribution is 2.08. The average molecular weight is 277 g/mol. The molecule has 0 aliphatic rings. The van der Waals surface area contributed by atoms with E-state index >= 15 is 0 Å². The quantitative estimate of drug-likeness (QED) is 0.812. The van der Waals surface area contributed by atoms with Crippen molar-refractivity contribution >= 4 is 23.5 Å². The largest absolute Gasteiger partial charge is 0.309 e. The Morgan fingerprint density at radius 2 is 2.05 bits per heavy atom. The van der Waals surface area contributed by atoms with E-state index in [1.807, 2.05) is 6.92 Å². The van der Waals surface area contributed by atoms with Crippen molar-refractivity contribution in [3.05, 3.63) is 18.0 Å². The molecule has 9 nitrogen and oxygen atoms in total. The molecule has 0 saturated carbocycles. The van der Waals surface area contributed by atoms with Gasteiger partial charge in [-0.25, -0.2) is 0 Å². The summed E-state index contributed by atoms with van der Waals surface area (Å²) in [5.41, 5.74) is 0.813. The Hall–Kier alpha value is -2.71. The molecular formula is C11H15N7O2. The van der Waals surface area contributed by atoms with Crippen LogP contribution in [0.1, 0.15) is 12.6 Å². The number of aryl methyl sites for hydroxylation is 2. The topological polar surface area (TPSA) is 107 Å². The fraction of sp³-hybridized carbons (Fsp3) is 0.364. The van der Waals surface area contributed by atoms with Gasteiger partial charge in [-0.1, -0.05) is 0 Å². The minimum atomic E-state index is -0.280. The van der Waals surface area contributed by atoms with Crippen LogP contribution in [0.25, 0.3) is 0 Å². The highest BCUT2D eigenvalue weighted by Gasteiger charge is 2.10.